The number of piperidine rings is 1. The van der Waals surface area contributed by atoms with E-state index in [-0.39, 0.29) is 6.04 Å². The minimum absolute atomic E-state index is 0.145. The van der Waals surface area contributed by atoms with E-state index in [0.29, 0.717) is 5.82 Å². The van der Waals surface area contributed by atoms with Gasteiger partial charge >= 0.3 is 6.18 Å². The number of hydrogen-bond acceptors (Lipinski definition) is 6. The molecule has 3 rings (SSSR count). The average molecular weight is 352 g/mol. The van der Waals surface area contributed by atoms with Crippen molar-refractivity contribution in [1.29, 1.82) is 0 Å². The van der Waals surface area contributed by atoms with Gasteiger partial charge in [0.15, 0.2) is 5.69 Å². The summed E-state index contributed by atoms with van der Waals surface area (Å²) >= 11 is 0. The summed E-state index contributed by atoms with van der Waals surface area (Å²) in [6.07, 6.45) is -2.79. The van der Waals surface area contributed by atoms with Gasteiger partial charge in [0.1, 0.15) is 17.5 Å². The summed E-state index contributed by atoms with van der Waals surface area (Å²) in [6.45, 7) is 5.42. The number of anilines is 2. The van der Waals surface area contributed by atoms with Gasteiger partial charge in [-0.2, -0.15) is 13.2 Å². The van der Waals surface area contributed by atoms with Crippen molar-refractivity contribution in [2.24, 2.45) is 0 Å². The van der Waals surface area contributed by atoms with Crippen LogP contribution in [0.25, 0.3) is 0 Å². The molecule has 0 atom stereocenters. The van der Waals surface area contributed by atoms with Crippen LogP contribution >= 0.6 is 0 Å². The van der Waals surface area contributed by atoms with E-state index in [1.807, 2.05) is 19.9 Å². The van der Waals surface area contributed by atoms with Gasteiger partial charge in [0.05, 0.1) is 0 Å². The monoisotopic (exact) mass is 352 g/mol. The number of aromatic nitrogens is 4. The number of aryl methyl sites for hydroxylation is 2. The van der Waals surface area contributed by atoms with Crippen molar-refractivity contribution in [2.45, 2.75) is 38.9 Å². The fourth-order valence-electron chi connectivity index (χ4n) is 2.88. The van der Waals surface area contributed by atoms with Gasteiger partial charge in [-0.25, -0.2) is 9.97 Å². The second-order valence-corrected chi connectivity index (χ2v) is 6.12. The van der Waals surface area contributed by atoms with Gasteiger partial charge in [-0.1, -0.05) is 0 Å². The van der Waals surface area contributed by atoms with E-state index in [2.05, 4.69) is 30.4 Å². The summed E-state index contributed by atoms with van der Waals surface area (Å²) in [6, 6.07) is 4.37. The Bertz CT molecular complexity index is 703. The van der Waals surface area contributed by atoms with E-state index >= 15 is 0 Å². The zero-order valence-corrected chi connectivity index (χ0v) is 14.0. The number of rotatable bonds is 3. The largest absolute Gasteiger partial charge is 0.435 e. The number of hydrogen-bond donors (Lipinski definition) is 1. The van der Waals surface area contributed by atoms with Crippen LogP contribution in [0.15, 0.2) is 18.2 Å². The molecule has 134 valence electrons. The Morgan fingerprint density at radius 3 is 2.36 bits per heavy atom. The molecule has 3 heterocycles. The van der Waals surface area contributed by atoms with Crippen LogP contribution < -0.4 is 10.2 Å². The highest BCUT2D eigenvalue weighted by Gasteiger charge is 2.33. The molecule has 0 amide bonds. The van der Waals surface area contributed by atoms with Crippen molar-refractivity contribution >= 4 is 11.6 Å². The molecule has 0 bridgehead atoms. The highest BCUT2D eigenvalue weighted by molar-refractivity contribution is 5.41. The quantitative estimate of drug-likeness (QED) is 0.916. The van der Waals surface area contributed by atoms with Gasteiger partial charge in [0.25, 0.3) is 0 Å². The van der Waals surface area contributed by atoms with Crippen LogP contribution in [0.5, 0.6) is 0 Å². The fourth-order valence-corrected chi connectivity index (χ4v) is 2.88. The number of nitrogens with one attached hydrogen (secondary N) is 1. The summed E-state index contributed by atoms with van der Waals surface area (Å²) in [4.78, 5) is 10.9. The molecule has 1 aliphatic heterocycles. The van der Waals surface area contributed by atoms with E-state index in [1.165, 1.54) is 6.07 Å². The van der Waals surface area contributed by atoms with Crippen molar-refractivity contribution in [1.82, 2.24) is 20.2 Å². The first kappa shape index (κ1) is 17.4. The summed E-state index contributed by atoms with van der Waals surface area (Å²) in [7, 11) is 0. The van der Waals surface area contributed by atoms with Crippen LogP contribution in [-0.2, 0) is 6.18 Å². The molecule has 2 aromatic rings. The second-order valence-electron chi connectivity index (χ2n) is 6.12. The highest BCUT2D eigenvalue weighted by atomic mass is 19.4. The van der Waals surface area contributed by atoms with E-state index in [0.717, 1.165) is 49.3 Å². The van der Waals surface area contributed by atoms with Gasteiger partial charge in [-0.05, 0) is 38.8 Å². The van der Waals surface area contributed by atoms with Crippen molar-refractivity contribution in [3.05, 3.63) is 35.4 Å². The van der Waals surface area contributed by atoms with E-state index in [9.17, 15) is 13.2 Å². The zero-order chi connectivity index (χ0) is 18.0. The van der Waals surface area contributed by atoms with E-state index in [1.54, 1.807) is 0 Å². The standard InChI is InChI=1S/C16H19F3N6/c1-10-9-15(21-11(2)20-10)25-7-5-12(6-8-25)22-14-4-3-13(23-24-14)16(17,18)19/h3-4,9,12H,5-8H2,1-2H3,(H,22,24). The predicted octanol–water partition coefficient (Wildman–Crippen LogP) is 2.98. The van der Waals surface area contributed by atoms with Crippen LogP contribution in [0.2, 0.25) is 0 Å². The lowest BCUT2D eigenvalue weighted by Crippen LogP contribution is -2.39. The molecule has 6 nitrogen and oxygen atoms in total. The van der Waals surface area contributed by atoms with Crippen LogP contribution in [0.3, 0.4) is 0 Å². The minimum atomic E-state index is -4.47. The average Bonchev–Trinajstić information content (AvgIpc) is 2.54. The molecule has 0 spiro atoms. The summed E-state index contributed by atoms with van der Waals surface area (Å²) in [5.41, 5.74) is -0.0508. The first-order chi connectivity index (χ1) is 11.8. The Balaban J connectivity index is 1.57. The molecule has 0 unspecified atom stereocenters. The Morgan fingerprint density at radius 1 is 1.08 bits per heavy atom. The number of halogens is 3. The maximum atomic E-state index is 12.5. The van der Waals surface area contributed by atoms with Crippen LogP contribution in [0.1, 0.15) is 30.1 Å². The summed E-state index contributed by atoms with van der Waals surface area (Å²) in [5.74, 6) is 2.02. The van der Waals surface area contributed by atoms with Crippen molar-refractivity contribution in [3.63, 3.8) is 0 Å². The summed E-state index contributed by atoms with van der Waals surface area (Å²) < 4.78 is 37.5. The van der Waals surface area contributed by atoms with Crippen molar-refractivity contribution in [2.75, 3.05) is 23.3 Å². The number of nitrogens with zero attached hydrogens (tertiary/aromatic N) is 5. The van der Waals surface area contributed by atoms with Gasteiger partial charge in [0.2, 0.25) is 0 Å². The summed E-state index contributed by atoms with van der Waals surface area (Å²) in [5, 5.41) is 10.0. The molecular formula is C16H19F3N6. The molecule has 0 aromatic carbocycles. The third-order valence-corrected chi connectivity index (χ3v) is 4.08. The Hall–Kier alpha value is -2.45. The SMILES string of the molecule is Cc1cc(N2CCC(Nc3ccc(C(F)(F)F)nn3)CC2)nc(C)n1. The van der Waals surface area contributed by atoms with Crippen molar-refractivity contribution < 1.29 is 13.2 Å². The lowest BCUT2D eigenvalue weighted by atomic mass is 10.0. The molecule has 9 heteroatoms. The van der Waals surface area contributed by atoms with E-state index < -0.39 is 11.9 Å². The van der Waals surface area contributed by atoms with Gasteiger partial charge in [-0.15, -0.1) is 10.2 Å². The highest BCUT2D eigenvalue weighted by Crippen LogP contribution is 2.27. The van der Waals surface area contributed by atoms with Crippen LogP contribution in [0.4, 0.5) is 24.8 Å². The Morgan fingerprint density at radius 2 is 1.80 bits per heavy atom. The first-order valence-corrected chi connectivity index (χ1v) is 8.06. The van der Waals surface area contributed by atoms with E-state index in [4.69, 9.17) is 0 Å². The zero-order valence-electron chi connectivity index (χ0n) is 14.0. The van der Waals surface area contributed by atoms with Gasteiger partial charge in [-0.3, -0.25) is 0 Å². The fraction of sp³-hybridized carbons (Fsp3) is 0.500. The smallest absolute Gasteiger partial charge is 0.366 e. The topological polar surface area (TPSA) is 66.8 Å². The second kappa shape index (κ2) is 6.81. The molecule has 2 aromatic heterocycles. The molecule has 0 aliphatic carbocycles. The van der Waals surface area contributed by atoms with Gasteiger partial charge < -0.3 is 10.2 Å². The molecule has 0 saturated carbocycles. The first-order valence-electron chi connectivity index (χ1n) is 8.06. The lowest BCUT2D eigenvalue weighted by molar-refractivity contribution is -0.141. The lowest BCUT2D eigenvalue weighted by Gasteiger charge is -2.33. The van der Waals surface area contributed by atoms with Crippen LogP contribution in [0, 0.1) is 13.8 Å². The predicted molar refractivity (Wildman–Crippen MR) is 87.4 cm³/mol. The maximum absolute atomic E-state index is 12.5. The minimum Gasteiger partial charge on any atom is -0.366 e. The Kier molecular flexibility index (Phi) is 4.73. The van der Waals surface area contributed by atoms with Crippen molar-refractivity contribution in [3.8, 4) is 0 Å². The molecule has 0 radical (unpaired) electrons. The normalized spacial score (nSPS) is 16.1. The molecule has 1 aliphatic rings. The van der Waals surface area contributed by atoms with Gasteiger partial charge in [0, 0.05) is 30.9 Å². The third kappa shape index (κ3) is 4.34. The van der Waals surface area contributed by atoms with Crippen LogP contribution in [-0.4, -0.2) is 39.3 Å². The molecule has 1 fully saturated rings. The number of alkyl halides is 3. The Labute approximate surface area is 143 Å². The molecule has 25 heavy (non-hydrogen) atoms. The molecule has 1 saturated heterocycles. The molecular weight excluding hydrogens is 333 g/mol. The maximum Gasteiger partial charge on any atom is 0.435 e. The molecule has 1 N–H and O–H groups in total. The third-order valence-electron chi connectivity index (χ3n) is 4.08.